The molecule has 6 nitrogen and oxygen atoms in total. The van der Waals surface area contributed by atoms with Crippen molar-refractivity contribution in [3.63, 3.8) is 0 Å². The fourth-order valence-corrected chi connectivity index (χ4v) is 4.22. The second kappa shape index (κ2) is 7.01. The Bertz CT molecular complexity index is 1020. The average molecular weight is 400 g/mol. The number of piperidine rings is 1. The Labute approximate surface area is 170 Å². The molecule has 0 unspecified atom stereocenters. The minimum absolute atomic E-state index is 0.0685. The van der Waals surface area contributed by atoms with Crippen LogP contribution in [0.25, 0.3) is 0 Å². The predicted octanol–water partition coefficient (Wildman–Crippen LogP) is 2.66. The molecule has 0 amide bonds. The Hall–Kier alpha value is -2.18. The molecule has 1 fully saturated rings. The molecule has 4 rings (SSSR count). The SMILES string of the molecule is Cc1cccc(C2=NCc3nc(N4CCC(C)(CN)CC4)n(C)c(=O)c32)c1Cl. The van der Waals surface area contributed by atoms with Gasteiger partial charge in [-0.1, -0.05) is 36.7 Å². The summed E-state index contributed by atoms with van der Waals surface area (Å²) in [6, 6.07) is 5.80. The zero-order chi connectivity index (χ0) is 20.1. The van der Waals surface area contributed by atoms with Gasteiger partial charge in [-0.2, -0.15) is 0 Å². The molecule has 1 aromatic carbocycles. The fraction of sp³-hybridized carbons (Fsp3) is 0.476. The highest BCUT2D eigenvalue weighted by atomic mass is 35.5. The van der Waals surface area contributed by atoms with Crippen LogP contribution in [0, 0.1) is 12.3 Å². The maximum absolute atomic E-state index is 13.2. The van der Waals surface area contributed by atoms with Gasteiger partial charge < -0.3 is 10.6 Å². The number of nitrogens with two attached hydrogens (primary N) is 1. The summed E-state index contributed by atoms with van der Waals surface area (Å²) in [7, 11) is 1.79. The summed E-state index contributed by atoms with van der Waals surface area (Å²) < 4.78 is 1.65. The number of hydrogen-bond acceptors (Lipinski definition) is 5. The summed E-state index contributed by atoms with van der Waals surface area (Å²) >= 11 is 6.50. The largest absolute Gasteiger partial charge is 0.342 e. The van der Waals surface area contributed by atoms with Gasteiger partial charge in [0, 0.05) is 25.7 Å². The van der Waals surface area contributed by atoms with Crippen molar-refractivity contribution in [1.82, 2.24) is 9.55 Å². The third kappa shape index (κ3) is 3.05. The van der Waals surface area contributed by atoms with Crippen molar-refractivity contribution in [2.45, 2.75) is 33.2 Å². The molecule has 3 heterocycles. The zero-order valence-corrected chi connectivity index (χ0v) is 17.4. The van der Waals surface area contributed by atoms with E-state index in [1.807, 2.05) is 25.1 Å². The first-order valence-electron chi connectivity index (χ1n) is 9.70. The molecule has 2 aliphatic heterocycles. The van der Waals surface area contributed by atoms with Crippen LogP contribution in [-0.4, -0.2) is 34.9 Å². The Morgan fingerprint density at radius 1 is 1.29 bits per heavy atom. The Kier molecular flexibility index (Phi) is 4.79. The highest BCUT2D eigenvalue weighted by Gasteiger charge is 2.32. The summed E-state index contributed by atoms with van der Waals surface area (Å²) in [4.78, 5) is 24.9. The molecule has 0 radical (unpaired) electrons. The minimum Gasteiger partial charge on any atom is -0.342 e. The van der Waals surface area contributed by atoms with Crippen molar-refractivity contribution < 1.29 is 0 Å². The van der Waals surface area contributed by atoms with Crippen LogP contribution in [0.4, 0.5) is 5.95 Å². The topological polar surface area (TPSA) is 76.5 Å². The van der Waals surface area contributed by atoms with Gasteiger partial charge >= 0.3 is 0 Å². The lowest BCUT2D eigenvalue weighted by molar-refractivity contribution is 0.256. The molecular formula is C21H26ClN5O. The monoisotopic (exact) mass is 399 g/mol. The molecule has 0 bridgehead atoms. The lowest BCUT2D eigenvalue weighted by atomic mass is 9.81. The molecular weight excluding hydrogens is 374 g/mol. The number of anilines is 1. The number of benzene rings is 1. The quantitative estimate of drug-likeness (QED) is 0.860. The molecule has 2 aliphatic rings. The van der Waals surface area contributed by atoms with Crippen LogP contribution < -0.4 is 16.2 Å². The van der Waals surface area contributed by atoms with Crippen molar-refractivity contribution in [3.8, 4) is 0 Å². The van der Waals surface area contributed by atoms with Gasteiger partial charge in [0.1, 0.15) is 0 Å². The van der Waals surface area contributed by atoms with Gasteiger partial charge in [-0.25, -0.2) is 4.98 Å². The number of nitrogens with zero attached hydrogens (tertiary/aromatic N) is 4. The van der Waals surface area contributed by atoms with Gasteiger partial charge in [-0.3, -0.25) is 14.4 Å². The van der Waals surface area contributed by atoms with E-state index in [2.05, 4.69) is 16.8 Å². The Morgan fingerprint density at radius 3 is 2.68 bits per heavy atom. The molecule has 0 spiro atoms. The summed E-state index contributed by atoms with van der Waals surface area (Å²) in [5, 5.41) is 0.636. The molecule has 1 saturated heterocycles. The summed E-state index contributed by atoms with van der Waals surface area (Å²) in [6.45, 7) is 6.98. The van der Waals surface area contributed by atoms with Gasteiger partial charge in [0.05, 0.1) is 28.5 Å². The number of fused-ring (bicyclic) bond motifs is 1. The molecule has 148 valence electrons. The van der Waals surface area contributed by atoms with E-state index in [-0.39, 0.29) is 11.0 Å². The van der Waals surface area contributed by atoms with Crippen molar-refractivity contribution >= 4 is 23.3 Å². The smallest absolute Gasteiger partial charge is 0.264 e. The van der Waals surface area contributed by atoms with Crippen molar-refractivity contribution in [2.24, 2.45) is 23.2 Å². The van der Waals surface area contributed by atoms with E-state index in [1.54, 1.807) is 11.6 Å². The maximum atomic E-state index is 13.2. The molecule has 7 heteroatoms. The van der Waals surface area contributed by atoms with Gasteiger partial charge in [-0.05, 0) is 37.3 Å². The minimum atomic E-state index is -0.0685. The van der Waals surface area contributed by atoms with Gasteiger partial charge in [0.2, 0.25) is 5.95 Å². The van der Waals surface area contributed by atoms with E-state index in [4.69, 9.17) is 22.3 Å². The Balaban J connectivity index is 1.71. The van der Waals surface area contributed by atoms with Crippen LogP contribution in [0.2, 0.25) is 5.02 Å². The van der Waals surface area contributed by atoms with Crippen LogP contribution in [0.1, 0.15) is 42.1 Å². The number of halogens is 1. The standard InChI is InChI=1S/C21H26ClN5O/c1-13-5-4-6-14(17(13)22)18-16-15(11-24-18)25-20(26(3)19(16)28)27-9-7-21(2,12-23)8-10-27/h4-6H,7-12,23H2,1-3H3. The number of aliphatic imine (C=N–C) groups is 1. The second-order valence-corrected chi connectivity index (χ2v) is 8.58. The van der Waals surface area contributed by atoms with Crippen molar-refractivity contribution in [3.05, 3.63) is 56.0 Å². The lowest BCUT2D eigenvalue weighted by Crippen LogP contribution is -2.44. The van der Waals surface area contributed by atoms with E-state index in [0.717, 1.165) is 48.7 Å². The molecule has 2 aromatic rings. The molecule has 2 N–H and O–H groups in total. The maximum Gasteiger partial charge on any atom is 0.264 e. The number of hydrogen-bond donors (Lipinski definition) is 1. The third-order valence-corrected chi connectivity index (χ3v) is 6.66. The van der Waals surface area contributed by atoms with Crippen molar-refractivity contribution in [1.29, 1.82) is 0 Å². The van der Waals surface area contributed by atoms with Gasteiger partial charge in [-0.15, -0.1) is 0 Å². The number of aryl methyl sites for hydroxylation is 1. The van der Waals surface area contributed by atoms with E-state index < -0.39 is 0 Å². The molecule has 0 atom stereocenters. The molecule has 1 aromatic heterocycles. The molecule has 0 saturated carbocycles. The van der Waals surface area contributed by atoms with Crippen LogP contribution in [0.15, 0.2) is 28.0 Å². The highest BCUT2D eigenvalue weighted by Crippen LogP contribution is 2.32. The zero-order valence-electron chi connectivity index (χ0n) is 16.6. The fourth-order valence-electron chi connectivity index (χ4n) is 4.00. The van der Waals surface area contributed by atoms with E-state index >= 15 is 0 Å². The molecule has 28 heavy (non-hydrogen) atoms. The van der Waals surface area contributed by atoms with Gasteiger partial charge in [0.25, 0.3) is 5.56 Å². The average Bonchev–Trinajstić information content (AvgIpc) is 3.11. The Morgan fingerprint density at radius 2 is 2.00 bits per heavy atom. The normalized spacial score (nSPS) is 18.2. The van der Waals surface area contributed by atoms with E-state index in [0.29, 0.717) is 29.4 Å². The predicted molar refractivity (Wildman–Crippen MR) is 114 cm³/mol. The first kappa shape index (κ1) is 19.2. The lowest BCUT2D eigenvalue weighted by Gasteiger charge is -2.39. The number of aromatic nitrogens is 2. The third-order valence-electron chi connectivity index (χ3n) is 6.16. The first-order valence-corrected chi connectivity index (χ1v) is 10.1. The van der Waals surface area contributed by atoms with Crippen LogP contribution >= 0.6 is 11.6 Å². The summed E-state index contributed by atoms with van der Waals surface area (Å²) in [5.41, 5.74) is 9.75. The van der Waals surface area contributed by atoms with Crippen LogP contribution in [0.3, 0.4) is 0 Å². The van der Waals surface area contributed by atoms with E-state index in [1.165, 1.54) is 0 Å². The highest BCUT2D eigenvalue weighted by molar-refractivity contribution is 6.36. The first-order chi connectivity index (χ1) is 13.3. The van der Waals surface area contributed by atoms with Crippen molar-refractivity contribution in [2.75, 3.05) is 24.5 Å². The van der Waals surface area contributed by atoms with E-state index in [9.17, 15) is 4.79 Å². The second-order valence-electron chi connectivity index (χ2n) is 8.20. The van der Waals surface area contributed by atoms with Crippen LogP contribution in [-0.2, 0) is 13.6 Å². The summed E-state index contributed by atoms with van der Waals surface area (Å²) in [5.74, 6) is 0.717. The molecule has 0 aliphatic carbocycles. The van der Waals surface area contributed by atoms with Crippen LogP contribution in [0.5, 0.6) is 0 Å². The summed E-state index contributed by atoms with van der Waals surface area (Å²) in [6.07, 6.45) is 1.99. The van der Waals surface area contributed by atoms with Gasteiger partial charge in [0.15, 0.2) is 0 Å². The number of rotatable bonds is 3.